The van der Waals surface area contributed by atoms with E-state index in [0.29, 0.717) is 12.8 Å². The number of esters is 2. The molecule has 0 aromatic carbocycles. The third-order valence-electron chi connectivity index (χ3n) is 11.0. The smallest absolute Gasteiger partial charge is 0.306 e. The number of aliphatic hydroxyl groups excluding tert-OH is 7. The van der Waals surface area contributed by atoms with Gasteiger partial charge < -0.3 is 64.2 Å². The molecule has 0 aromatic rings. The number of carbonyl (C=O) groups is 2. The Balaban J connectivity index is 1.86. The summed E-state index contributed by atoms with van der Waals surface area (Å²) in [6, 6.07) is 0. The summed E-state index contributed by atoms with van der Waals surface area (Å²) in [4.78, 5) is 25.5. The number of allylic oxidation sites excluding steroid dienone is 2. The van der Waals surface area contributed by atoms with Gasteiger partial charge in [-0.15, -0.1) is 0 Å². The van der Waals surface area contributed by atoms with Gasteiger partial charge in [0.2, 0.25) is 0 Å². The van der Waals surface area contributed by atoms with Crippen molar-refractivity contribution in [1.82, 2.24) is 0 Å². The molecular weight excluding hydrogens is 768 g/mol. The van der Waals surface area contributed by atoms with Gasteiger partial charge in [-0.1, -0.05) is 122 Å². The van der Waals surface area contributed by atoms with Crippen LogP contribution >= 0.6 is 0 Å². The Morgan fingerprint density at radius 1 is 0.525 bits per heavy atom. The van der Waals surface area contributed by atoms with Crippen LogP contribution in [-0.4, -0.2) is 142 Å². The van der Waals surface area contributed by atoms with Gasteiger partial charge in [-0.05, 0) is 38.5 Å². The number of rotatable bonds is 34. The van der Waals surface area contributed by atoms with Gasteiger partial charge in [0, 0.05) is 12.8 Å². The van der Waals surface area contributed by atoms with E-state index in [1.807, 2.05) is 0 Å². The van der Waals surface area contributed by atoms with Crippen molar-refractivity contribution in [2.45, 2.75) is 229 Å². The predicted molar refractivity (Wildman–Crippen MR) is 220 cm³/mol. The molecule has 2 aliphatic heterocycles. The highest BCUT2D eigenvalue weighted by molar-refractivity contribution is 5.70. The highest BCUT2D eigenvalue weighted by atomic mass is 16.7. The molecule has 15 nitrogen and oxygen atoms in total. The molecular formula is C44H80O15. The van der Waals surface area contributed by atoms with E-state index in [9.17, 15) is 45.3 Å². The Morgan fingerprint density at radius 2 is 0.966 bits per heavy atom. The molecule has 59 heavy (non-hydrogen) atoms. The molecule has 2 fully saturated rings. The summed E-state index contributed by atoms with van der Waals surface area (Å²) in [7, 11) is 0. The first-order valence-corrected chi connectivity index (χ1v) is 22.8. The molecule has 4 unspecified atom stereocenters. The number of unbranched alkanes of at least 4 members (excludes halogenated alkanes) is 18. The zero-order valence-corrected chi connectivity index (χ0v) is 36.0. The fraction of sp³-hybridized carbons (Fsp3) is 0.909. The molecule has 0 bridgehead atoms. The lowest BCUT2D eigenvalue weighted by molar-refractivity contribution is -0.332. The van der Waals surface area contributed by atoms with Crippen LogP contribution in [0.1, 0.15) is 162 Å². The van der Waals surface area contributed by atoms with E-state index in [1.165, 1.54) is 64.2 Å². The minimum atomic E-state index is -1.76. The first-order valence-electron chi connectivity index (χ1n) is 22.8. The molecule has 2 aliphatic rings. The molecule has 346 valence electrons. The van der Waals surface area contributed by atoms with Crippen LogP contribution in [0.25, 0.3) is 0 Å². The van der Waals surface area contributed by atoms with Crippen molar-refractivity contribution < 1.29 is 73.8 Å². The molecule has 2 rings (SSSR count). The Bertz CT molecular complexity index is 1090. The van der Waals surface area contributed by atoms with Crippen LogP contribution in [0.4, 0.5) is 0 Å². The summed E-state index contributed by atoms with van der Waals surface area (Å²) >= 11 is 0. The monoisotopic (exact) mass is 849 g/mol. The average Bonchev–Trinajstić information content (AvgIpc) is 3.23. The normalized spacial score (nSPS) is 27.9. The molecule has 11 atom stereocenters. The van der Waals surface area contributed by atoms with Crippen molar-refractivity contribution in [3.05, 3.63) is 12.2 Å². The van der Waals surface area contributed by atoms with Crippen LogP contribution in [-0.2, 0) is 38.0 Å². The van der Waals surface area contributed by atoms with Crippen LogP contribution in [0.3, 0.4) is 0 Å². The van der Waals surface area contributed by atoms with E-state index >= 15 is 0 Å². The van der Waals surface area contributed by atoms with Crippen LogP contribution in [0.2, 0.25) is 0 Å². The highest BCUT2D eigenvalue weighted by Crippen LogP contribution is 2.26. The lowest BCUT2D eigenvalue weighted by Crippen LogP contribution is -2.61. The second-order valence-electron chi connectivity index (χ2n) is 16.2. The van der Waals surface area contributed by atoms with Crippen LogP contribution in [0.15, 0.2) is 12.2 Å². The molecule has 0 saturated carbocycles. The minimum Gasteiger partial charge on any atom is -0.462 e. The van der Waals surface area contributed by atoms with Crippen molar-refractivity contribution in [3.63, 3.8) is 0 Å². The second-order valence-corrected chi connectivity index (χ2v) is 16.2. The molecule has 0 spiro atoms. The zero-order valence-electron chi connectivity index (χ0n) is 36.0. The largest absolute Gasteiger partial charge is 0.462 e. The van der Waals surface area contributed by atoms with Crippen molar-refractivity contribution in [1.29, 1.82) is 0 Å². The van der Waals surface area contributed by atoms with E-state index in [1.54, 1.807) is 0 Å². The Morgan fingerprint density at radius 3 is 1.49 bits per heavy atom. The lowest BCUT2D eigenvalue weighted by Gasteiger charge is -2.42. The molecule has 2 saturated heterocycles. The molecule has 2 heterocycles. The van der Waals surface area contributed by atoms with Gasteiger partial charge in [0.15, 0.2) is 18.7 Å². The number of aliphatic hydroxyl groups is 7. The Labute approximate surface area is 352 Å². The maximum Gasteiger partial charge on any atom is 0.306 e. The van der Waals surface area contributed by atoms with Gasteiger partial charge in [0.05, 0.1) is 19.8 Å². The third kappa shape index (κ3) is 22.2. The highest BCUT2D eigenvalue weighted by Gasteiger charge is 2.47. The topological polar surface area (TPSA) is 231 Å². The number of carbonyl (C=O) groups excluding carboxylic acids is 2. The summed E-state index contributed by atoms with van der Waals surface area (Å²) < 4.78 is 33.4. The van der Waals surface area contributed by atoms with Crippen molar-refractivity contribution in [2.24, 2.45) is 0 Å². The van der Waals surface area contributed by atoms with Gasteiger partial charge in [0.1, 0.15) is 55.4 Å². The summed E-state index contributed by atoms with van der Waals surface area (Å²) in [5.41, 5.74) is 0. The van der Waals surface area contributed by atoms with Gasteiger partial charge in [-0.2, -0.15) is 0 Å². The number of hydrogen-bond acceptors (Lipinski definition) is 15. The average molecular weight is 849 g/mol. The zero-order chi connectivity index (χ0) is 43.3. The summed E-state index contributed by atoms with van der Waals surface area (Å²) in [5, 5.41) is 71.8. The maximum absolute atomic E-state index is 12.9. The van der Waals surface area contributed by atoms with E-state index < -0.39 is 92.7 Å². The first-order chi connectivity index (χ1) is 28.5. The van der Waals surface area contributed by atoms with Gasteiger partial charge in [-0.25, -0.2) is 0 Å². The van der Waals surface area contributed by atoms with Crippen molar-refractivity contribution in [3.8, 4) is 0 Å². The summed E-state index contributed by atoms with van der Waals surface area (Å²) in [6.45, 7) is 2.53. The van der Waals surface area contributed by atoms with E-state index in [0.717, 1.165) is 57.8 Å². The van der Waals surface area contributed by atoms with E-state index in [-0.39, 0.29) is 26.1 Å². The molecule has 0 aromatic heterocycles. The van der Waals surface area contributed by atoms with Gasteiger partial charge in [0.25, 0.3) is 0 Å². The lowest BCUT2D eigenvalue weighted by atomic mass is 9.98. The number of hydrogen-bond donors (Lipinski definition) is 7. The molecule has 15 heteroatoms. The fourth-order valence-corrected chi connectivity index (χ4v) is 7.15. The SMILES string of the molecule is CCCCCCC/C=C/CCCCCCCC(=O)O[C@H](COC(=O)CCCCCCCCCCC)CO[C@@H]1O[C@H](CO[C@@H]2O[C@H](CO)[C@H](O)C(O)C2O)[C@H](O)C(O)C1O. The summed E-state index contributed by atoms with van der Waals surface area (Å²) in [5.74, 6) is -0.935. The van der Waals surface area contributed by atoms with Crippen molar-refractivity contribution in [2.75, 3.05) is 26.4 Å². The molecule has 0 aliphatic carbocycles. The van der Waals surface area contributed by atoms with E-state index in [4.69, 9.17) is 28.4 Å². The van der Waals surface area contributed by atoms with Crippen molar-refractivity contribution >= 4 is 11.9 Å². The predicted octanol–water partition coefficient (Wildman–Crippen LogP) is 4.65. The Kier molecular flexibility index (Phi) is 29.8. The minimum absolute atomic E-state index is 0.158. The van der Waals surface area contributed by atoms with Crippen LogP contribution in [0.5, 0.6) is 0 Å². The molecule has 0 radical (unpaired) electrons. The first kappa shape index (κ1) is 53.4. The van der Waals surface area contributed by atoms with Crippen LogP contribution in [0, 0.1) is 0 Å². The number of ether oxygens (including phenoxy) is 6. The summed E-state index contributed by atoms with van der Waals surface area (Å²) in [6.07, 6.45) is 11.2. The molecule has 7 N–H and O–H groups in total. The fourth-order valence-electron chi connectivity index (χ4n) is 7.15. The molecule has 0 amide bonds. The maximum atomic E-state index is 12.9. The quantitative estimate of drug-likeness (QED) is 0.0266. The van der Waals surface area contributed by atoms with E-state index in [2.05, 4.69) is 26.0 Å². The second kappa shape index (κ2) is 32.9. The van der Waals surface area contributed by atoms with Crippen LogP contribution < -0.4 is 0 Å². The standard InChI is InChI=1S/C44H80O15/c1-3-5-7-9-11-13-14-15-16-17-19-21-23-25-27-36(47)57-32(29-54-35(46)26-24-22-20-18-12-10-8-6-4-2)30-55-43-42(53)40(51)38(49)34(59-43)31-56-44-41(52)39(50)37(48)33(28-45)58-44/h14-15,32-34,37-45,48-53H,3-13,16-31H2,1-2H3/b15-14+/t32-,33-,34-,37+,38+,39?,40?,41?,42?,43-,44-/m1/s1. The van der Waals surface area contributed by atoms with Gasteiger partial charge >= 0.3 is 11.9 Å². The Hall–Kier alpha value is -1.76. The third-order valence-corrected chi connectivity index (χ3v) is 11.0. The van der Waals surface area contributed by atoms with Gasteiger partial charge in [-0.3, -0.25) is 9.59 Å².